The van der Waals surface area contributed by atoms with Crippen molar-refractivity contribution in [3.05, 3.63) is 30.1 Å². The van der Waals surface area contributed by atoms with E-state index in [1.54, 1.807) is 20.8 Å². The number of nitriles is 1. The summed E-state index contributed by atoms with van der Waals surface area (Å²) in [4.78, 5) is 11.5. The summed E-state index contributed by atoms with van der Waals surface area (Å²) < 4.78 is 17.8. The van der Waals surface area contributed by atoms with Gasteiger partial charge < -0.3 is 15.4 Å². The summed E-state index contributed by atoms with van der Waals surface area (Å²) in [6.07, 6.45) is -0.585. The van der Waals surface area contributed by atoms with Gasteiger partial charge in [0.15, 0.2) is 0 Å². The van der Waals surface area contributed by atoms with Crippen molar-refractivity contribution in [2.45, 2.75) is 32.4 Å². The van der Waals surface area contributed by atoms with Crippen LogP contribution in [0.1, 0.15) is 20.8 Å². The maximum atomic E-state index is 12.8. The normalized spacial score (nSPS) is 12.2. The molecule has 0 aliphatic heterocycles. The molecule has 2 N–H and O–H groups in total. The number of hydrogen-bond donors (Lipinski definition) is 2. The second-order valence-corrected chi connectivity index (χ2v) is 5.22. The van der Waals surface area contributed by atoms with Crippen molar-refractivity contribution in [3.63, 3.8) is 0 Å². The van der Waals surface area contributed by atoms with Crippen LogP contribution in [-0.2, 0) is 4.74 Å². The molecule has 0 bridgehead atoms. The van der Waals surface area contributed by atoms with Crippen LogP contribution in [0.25, 0.3) is 0 Å². The van der Waals surface area contributed by atoms with E-state index in [4.69, 9.17) is 10.00 Å². The van der Waals surface area contributed by atoms with E-state index in [0.29, 0.717) is 5.69 Å². The van der Waals surface area contributed by atoms with Gasteiger partial charge in [-0.25, -0.2) is 9.18 Å². The Kier molecular flexibility index (Phi) is 5.32. The molecule has 1 atom stereocenters. The lowest BCUT2D eigenvalue weighted by Gasteiger charge is -2.20. The van der Waals surface area contributed by atoms with Crippen LogP contribution in [0.2, 0.25) is 0 Å². The molecule has 0 aliphatic rings. The summed E-state index contributed by atoms with van der Waals surface area (Å²) in [6, 6.07) is 7.00. The molecule has 5 nitrogen and oxygen atoms in total. The van der Waals surface area contributed by atoms with Gasteiger partial charge in [0.1, 0.15) is 17.5 Å². The van der Waals surface area contributed by atoms with Gasteiger partial charge in [0.05, 0.1) is 12.6 Å². The summed E-state index contributed by atoms with van der Waals surface area (Å²) in [7, 11) is 0. The van der Waals surface area contributed by atoms with Crippen molar-refractivity contribution in [3.8, 4) is 6.07 Å². The SMILES string of the molecule is CC(C)(C)OC(=O)NCC(C#N)Nc1ccc(F)cc1. The van der Waals surface area contributed by atoms with Crippen LogP contribution in [0.5, 0.6) is 0 Å². The van der Waals surface area contributed by atoms with E-state index in [9.17, 15) is 9.18 Å². The quantitative estimate of drug-likeness (QED) is 0.888. The Bertz CT molecular complexity index is 489. The molecular formula is C14H18FN3O2. The van der Waals surface area contributed by atoms with Gasteiger partial charge in [-0.1, -0.05) is 0 Å². The molecule has 0 aliphatic carbocycles. The molecule has 0 radical (unpaired) electrons. The van der Waals surface area contributed by atoms with Gasteiger partial charge >= 0.3 is 6.09 Å². The minimum Gasteiger partial charge on any atom is -0.444 e. The molecule has 0 heterocycles. The average molecular weight is 279 g/mol. The molecule has 0 saturated carbocycles. The number of anilines is 1. The molecular weight excluding hydrogens is 261 g/mol. The van der Waals surface area contributed by atoms with Gasteiger partial charge in [0.25, 0.3) is 0 Å². The molecule has 6 heteroatoms. The summed E-state index contributed by atoms with van der Waals surface area (Å²) in [5, 5.41) is 14.4. The van der Waals surface area contributed by atoms with Crippen molar-refractivity contribution in [1.29, 1.82) is 5.26 Å². The van der Waals surface area contributed by atoms with E-state index in [-0.39, 0.29) is 12.4 Å². The van der Waals surface area contributed by atoms with Crippen LogP contribution in [0.4, 0.5) is 14.9 Å². The first-order valence-electron chi connectivity index (χ1n) is 6.19. The summed E-state index contributed by atoms with van der Waals surface area (Å²) >= 11 is 0. The fourth-order valence-corrected chi connectivity index (χ4v) is 1.38. The first-order valence-corrected chi connectivity index (χ1v) is 6.19. The number of carbonyl (C=O) groups excluding carboxylic acids is 1. The van der Waals surface area contributed by atoms with Gasteiger partial charge in [-0.3, -0.25) is 0 Å². The Balaban J connectivity index is 2.46. The zero-order chi connectivity index (χ0) is 15.2. The molecule has 0 saturated heterocycles. The van der Waals surface area contributed by atoms with E-state index >= 15 is 0 Å². The summed E-state index contributed by atoms with van der Waals surface area (Å²) in [6.45, 7) is 5.35. The minimum absolute atomic E-state index is 0.0861. The van der Waals surface area contributed by atoms with Crippen molar-refractivity contribution in [1.82, 2.24) is 5.32 Å². The summed E-state index contributed by atoms with van der Waals surface area (Å²) in [5.41, 5.74) is 0.0142. The number of benzene rings is 1. The number of amides is 1. The Hall–Kier alpha value is -2.29. The Labute approximate surface area is 117 Å². The smallest absolute Gasteiger partial charge is 0.407 e. The highest BCUT2D eigenvalue weighted by Gasteiger charge is 2.17. The van der Waals surface area contributed by atoms with Crippen LogP contribution in [0, 0.1) is 17.1 Å². The predicted molar refractivity (Wildman–Crippen MR) is 73.7 cm³/mol. The third-order valence-corrected chi connectivity index (χ3v) is 2.19. The van der Waals surface area contributed by atoms with Gasteiger partial charge in [0.2, 0.25) is 0 Å². The van der Waals surface area contributed by atoms with Crippen LogP contribution in [0.15, 0.2) is 24.3 Å². The number of nitrogens with zero attached hydrogens (tertiary/aromatic N) is 1. The van der Waals surface area contributed by atoms with E-state index in [0.717, 1.165) is 0 Å². The van der Waals surface area contributed by atoms with Crippen LogP contribution >= 0.6 is 0 Å². The molecule has 0 spiro atoms. The minimum atomic E-state index is -0.632. The number of rotatable bonds is 4. The molecule has 1 amide bonds. The largest absolute Gasteiger partial charge is 0.444 e. The third kappa shape index (κ3) is 6.05. The number of ether oxygens (including phenoxy) is 1. The third-order valence-electron chi connectivity index (χ3n) is 2.19. The highest BCUT2D eigenvalue weighted by Crippen LogP contribution is 2.10. The molecule has 1 aromatic rings. The number of hydrogen-bond acceptors (Lipinski definition) is 4. The van der Waals surface area contributed by atoms with E-state index in [2.05, 4.69) is 10.6 Å². The summed E-state index contributed by atoms with van der Waals surface area (Å²) in [5.74, 6) is -0.351. The highest BCUT2D eigenvalue weighted by molar-refractivity contribution is 5.67. The monoisotopic (exact) mass is 279 g/mol. The van der Waals surface area contributed by atoms with Crippen molar-refractivity contribution >= 4 is 11.8 Å². The van der Waals surface area contributed by atoms with Crippen molar-refractivity contribution in [2.75, 3.05) is 11.9 Å². The fraction of sp³-hybridized carbons (Fsp3) is 0.429. The van der Waals surface area contributed by atoms with E-state index in [1.165, 1.54) is 24.3 Å². The highest BCUT2D eigenvalue weighted by atomic mass is 19.1. The number of halogens is 1. The second kappa shape index (κ2) is 6.75. The first-order chi connectivity index (χ1) is 9.30. The molecule has 0 aromatic heterocycles. The Morgan fingerprint density at radius 3 is 2.50 bits per heavy atom. The fourth-order valence-electron chi connectivity index (χ4n) is 1.38. The molecule has 108 valence electrons. The first kappa shape index (κ1) is 15.8. The maximum absolute atomic E-state index is 12.8. The van der Waals surface area contributed by atoms with Crippen molar-refractivity contribution < 1.29 is 13.9 Å². The lowest BCUT2D eigenvalue weighted by atomic mass is 10.2. The van der Waals surface area contributed by atoms with Crippen LogP contribution < -0.4 is 10.6 Å². The number of carbonyl (C=O) groups is 1. The number of alkyl carbamates (subject to hydrolysis) is 1. The average Bonchev–Trinajstić information content (AvgIpc) is 2.34. The molecule has 0 fully saturated rings. The lowest BCUT2D eigenvalue weighted by Crippen LogP contribution is -2.39. The molecule has 1 rings (SSSR count). The Morgan fingerprint density at radius 1 is 1.40 bits per heavy atom. The van der Waals surface area contributed by atoms with Crippen molar-refractivity contribution in [2.24, 2.45) is 0 Å². The molecule has 20 heavy (non-hydrogen) atoms. The van der Waals surface area contributed by atoms with E-state index in [1.807, 2.05) is 6.07 Å². The molecule has 1 aromatic carbocycles. The van der Waals surface area contributed by atoms with E-state index < -0.39 is 17.7 Å². The Morgan fingerprint density at radius 2 is 2.00 bits per heavy atom. The van der Waals surface area contributed by atoms with Gasteiger partial charge in [-0.05, 0) is 45.0 Å². The van der Waals surface area contributed by atoms with Crippen LogP contribution in [0.3, 0.4) is 0 Å². The standard InChI is InChI=1S/C14H18FN3O2/c1-14(2,3)20-13(19)17-9-12(8-16)18-11-6-4-10(15)5-7-11/h4-7,12,18H,9H2,1-3H3,(H,17,19). The second-order valence-electron chi connectivity index (χ2n) is 5.22. The van der Waals surface area contributed by atoms with Gasteiger partial charge in [-0.15, -0.1) is 0 Å². The van der Waals surface area contributed by atoms with Crippen LogP contribution in [-0.4, -0.2) is 24.3 Å². The zero-order valence-electron chi connectivity index (χ0n) is 11.7. The lowest BCUT2D eigenvalue weighted by molar-refractivity contribution is 0.0527. The van der Waals surface area contributed by atoms with Gasteiger partial charge in [0, 0.05) is 5.69 Å². The predicted octanol–water partition coefficient (Wildman–Crippen LogP) is 2.65. The topological polar surface area (TPSA) is 74.1 Å². The number of nitrogens with one attached hydrogen (secondary N) is 2. The maximum Gasteiger partial charge on any atom is 0.407 e. The zero-order valence-corrected chi connectivity index (χ0v) is 11.7. The molecule has 1 unspecified atom stereocenters. The van der Waals surface area contributed by atoms with Gasteiger partial charge in [-0.2, -0.15) is 5.26 Å².